The molecule has 2 N–H and O–H groups in total. The smallest absolute Gasteiger partial charge is 0.227 e. The highest BCUT2D eigenvalue weighted by Crippen LogP contribution is 2.22. The summed E-state index contributed by atoms with van der Waals surface area (Å²) < 4.78 is 0. The lowest BCUT2D eigenvalue weighted by Crippen LogP contribution is -2.52. The van der Waals surface area contributed by atoms with Crippen LogP contribution in [0.5, 0.6) is 0 Å². The van der Waals surface area contributed by atoms with Crippen molar-refractivity contribution in [3.63, 3.8) is 0 Å². The Morgan fingerprint density at radius 1 is 1.03 bits per heavy atom. The van der Waals surface area contributed by atoms with Gasteiger partial charge in [0.1, 0.15) is 5.82 Å². The number of anilines is 1. The van der Waals surface area contributed by atoms with Crippen LogP contribution in [0.3, 0.4) is 0 Å². The van der Waals surface area contributed by atoms with Gasteiger partial charge in [-0.05, 0) is 26.7 Å². The van der Waals surface area contributed by atoms with Crippen LogP contribution in [0.2, 0.25) is 0 Å². The number of piperazine rings is 1. The van der Waals surface area contributed by atoms with Crippen molar-refractivity contribution < 1.29 is 9.59 Å². The van der Waals surface area contributed by atoms with Gasteiger partial charge in [-0.25, -0.2) is 4.98 Å². The lowest BCUT2D eigenvalue weighted by Gasteiger charge is -2.37. The van der Waals surface area contributed by atoms with E-state index in [0.29, 0.717) is 26.2 Å². The van der Waals surface area contributed by atoms with Crippen LogP contribution < -0.4 is 10.6 Å². The molecule has 10 heteroatoms. The molecule has 0 aromatic carbocycles. The molecule has 0 spiro atoms. The Morgan fingerprint density at radius 3 is 2.31 bits per heavy atom. The summed E-state index contributed by atoms with van der Waals surface area (Å²) >= 11 is 0. The monoisotopic (exact) mass is 446 g/mol. The highest BCUT2D eigenvalue weighted by atomic mass is 35.5. The maximum Gasteiger partial charge on any atom is 0.227 e. The summed E-state index contributed by atoms with van der Waals surface area (Å²) in [6.07, 6.45) is 3.29. The van der Waals surface area contributed by atoms with Gasteiger partial charge in [-0.2, -0.15) is 0 Å². The minimum Gasteiger partial charge on any atom is -0.352 e. The van der Waals surface area contributed by atoms with Crippen LogP contribution in [0.25, 0.3) is 0 Å². The van der Waals surface area contributed by atoms with Crippen molar-refractivity contribution in [2.75, 3.05) is 44.2 Å². The van der Waals surface area contributed by atoms with Gasteiger partial charge in [0.05, 0.1) is 17.3 Å². The summed E-state index contributed by atoms with van der Waals surface area (Å²) in [4.78, 5) is 39.7. The maximum absolute atomic E-state index is 13.0. The van der Waals surface area contributed by atoms with Crippen molar-refractivity contribution in [2.24, 2.45) is 11.7 Å². The maximum atomic E-state index is 13.0. The first-order valence-corrected chi connectivity index (χ1v) is 9.70. The van der Waals surface area contributed by atoms with E-state index < -0.39 is 0 Å². The number of hydrogen-bond donors (Lipinski definition) is 1. The zero-order valence-electron chi connectivity index (χ0n) is 17.3. The fourth-order valence-electron chi connectivity index (χ4n) is 3.90. The third kappa shape index (κ3) is 6.17. The normalized spacial score (nSPS) is 22.3. The van der Waals surface area contributed by atoms with Crippen LogP contribution >= 0.6 is 24.8 Å². The van der Waals surface area contributed by atoms with Gasteiger partial charge < -0.3 is 20.4 Å². The number of aryl methyl sites for hydroxylation is 2. The number of halogens is 2. The number of aromatic nitrogens is 2. The van der Waals surface area contributed by atoms with Gasteiger partial charge in [0.2, 0.25) is 11.8 Å². The Labute approximate surface area is 185 Å². The van der Waals surface area contributed by atoms with Crippen molar-refractivity contribution >= 4 is 42.4 Å². The first kappa shape index (κ1) is 25.4. The summed E-state index contributed by atoms with van der Waals surface area (Å²) in [6, 6.07) is -0.0496. The Morgan fingerprint density at radius 2 is 1.69 bits per heavy atom. The molecule has 2 amide bonds. The van der Waals surface area contributed by atoms with Crippen LogP contribution in [-0.4, -0.2) is 76.9 Å². The molecule has 0 saturated carbocycles. The van der Waals surface area contributed by atoms with Gasteiger partial charge in [-0.1, -0.05) is 0 Å². The number of nitrogens with two attached hydrogens (primary N) is 1. The molecule has 3 rings (SSSR count). The Bertz CT molecular complexity index is 712. The van der Waals surface area contributed by atoms with E-state index in [2.05, 4.69) is 14.9 Å². The zero-order valence-corrected chi connectivity index (χ0v) is 19.0. The van der Waals surface area contributed by atoms with Crippen molar-refractivity contribution in [2.45, 2.75) is 39.7 Å². The molecule has 0 aliphatic carbocycles. The highest BCUT2D eigenvalue weighted by Gasteiger charge is 2.32. The Balaban J connectivity index is 0.00000210. The SMILES string of the molecule is CC(=O)N1C[C@@H](N)CC[C@@H](C(=O)N2CCN(c3nc(C)cnc3C)CC2)C1.Cl.Cl. The summed E-state index contributed by atoms with van der Waals surface area (Å²) in [6.45, 7) is 9.28. The first-order valence-electron chi connectivity index (χ1n) is 9.70. The average molecular weight is 447 g/mol. The number of hydrogen-bond acceptors (Lipinski definition) is 6. The largest absolute Gasteiger partial charge is 0.352 e. The molecule has 8 nitrogen and oxygen atoms in total. The fraction of sp³-hybridized carbons (Fsp3) is 0.684. The zero-order chi connectivity index (χ0) is 19.6. The van der Waals surface area contributed by atoms with E-state index in [1.54, 1.807) is 18.0 Å². The topological polar surface area (TPSA) is 95.7 Å². The quantitative estimate of drug-likeness (QED) is 0.732. The standard InChI is InChI=1S/C19H30N6O2.2ClH/c1-13-10-21-14(2)18(22-13)23-6-8-24(9-7-23)19(27)16-4-5-17(20)12-25(11-16)15(3)26;;/h10,16-17H,4-9,11-12,20H2,1-3H3;2*1H/t16-,17+;;/m1../s1. The molecule has 0 bridgehead atoms. The summed E-state index contributed by atoms with van der Waals surface area (Å²) in [7, 11) is 0. The molecule has 0 radical (unpaired) electrons. The van der Waals surface area contributed by atoms with Crippen LogP contribution in [0.1, 0.15) is 31.2 Å². The second-order valence-corrected chi connectivity index (χ2v) is 7.69. The van der Waals surface area contributed by atoms with Gasteiger partial charge in [0.25, 0.3) is 0 Å². The van der Waals surface area contributed by atoms with E-state index in [1.165, 1.54) is 0 Å². The van der Waals surface area contributed by atoms with Gasteiger partial charge in [0.15, 0.2) is 0 Å². The molecule has 2 saturated heterocycles. The lowest BCUT2D eigenvalue weighted by atomic mass is 10.00. The van der Waals surface area contributed by atoms with Crippen molar-refractivity contribution in [1.29, 1.82) is 0 Å². The molecule has 0 unspecified atom stereocenters. The van der Waals surface area contributed by atoms with E-state index >= 15 is 0 Å². The van der Waals surface area contributed by atoms with Crippen molar-refractivity contribution in [3.05, 3.63) is 17.6 Å². The fourth-order valence-corrected chi connectivity index (χ4v) is 3.90. The summed E-state index contributed by atoms with van der Waals surface area (Å²) in [5.74, 6) is 0.880. The van der Waals surface area contributed by atoms with Gasteiger partial charge in [-0.3, -0.25) is 14.6 Å². The number of amides is 2. The number of carbonyl (C=O) groups is 2. The van der Waals surface area contributed by atoms with E-state index in [9.17, 15) is 9.59 Å². The summed E-state index contributed by atoms with van der Waals surface area (Å²) in [5.41, 5.74) is 7.88. The summed E-state index contributed by atoms with van der Waals surface area (Å²) in [5, 5.41) is 0. The lowest BCUT2D eigenvalue weighted by molar-refractivity contribution is -0.138. The number of carbonyl (C=O) groups excluding carboxylic acids is 2. The third-order valence-electron chi connectivity index (χ3n) is 5.52. The molecule has 29 heavy (non-hydrogen) atoms. The molecule has 2 aliphatic heterocycles. The van der Waals surface area contributed by atoms with E-state index in [-0.39, 0.29) is 48.6 Å². The molecular weight excluding hydrogens is 415 g/mol. The first-order chi connectivity index (χ1) is 12.8. The van der Waals surface area contributed by atoms with E-state index in [1.807, 2.05) is 18.7 Å². The molecule has 1 aromatic rings. The number of likely N-dealkylation sites (tertiary alicyclic amines) is 1. The third-order valence-corrected chi connectivity index (χ3v) is 5.52. The average Bonchev–Trinajstić information content (AvgIpc) is 2.85. The van der Waals surface area contributed by atoms with Crippen LogP contribution in [0.4, 0.5) is 5.82 Å². The number of nitrogens with zero attached hydrogens (tertiary/aromatic N) is 5. The minimum absolute atomic E-state index is 0. The molecule has 2 fully saturated rings. The molecule has 164 valence electrons. The van der Waals surface area contributed by atoms with E-state index in [4.69, 9.17) is 5.73 Å². The van der Waals surface area contributed by atoms with Crippen LogP contribution in [0, 0.1) is 19.8 Å². The molecule has 1 aromatic heterocycles. The highest BCUT2D eigenvalue weighted by molar-refractivity contribution is 5.85. The van der Waals surface area contributed by atoms with Crippen molar-refractivity contribution in [1.82, 2.24) is 19.8 Å². The molecule has 3 heterocycles. The molecule has 2 atom stereocenters. The van der Waals surface area contributed by atoms with Gasteiger partial charge in [-0.15, -0.1) is 24.8 Å². The Hall–Kier alpha value is -1.64. The minimum atomic E-state index is -0.158. The molecule has 2 aliphatic rings. The van der Waals surface area contributed by atoms with Crippen LogP contribution in [0.15, 0.2) is 6.20 Å². The second kappa shape index (κ2) is 10.9. The predicted molar refractivity (Wildman–Crippen MR) is 118 cm³/mol. The molecular formula is C19H32Cl2N6O2. The Kier molecular flexibility index (Phi) is 9.58. The predicted octanol–water partition coefficient (Wildman–Crippen LogP) is 1.17. The van der Waals surface area contributed by atoms with Crippen LogP contribution in [-0.2, 0) is 9.59 Å². The van der Waals surface area contributed by atoms with Gasteiger partial charge in [0, 0.05) is 58.4 Å². The number of rotatable bonds is 2. The second-order valence-electron chi connectivity index (χ2n) is 7.69. The van der Waals surface area contributed by atoms with Gasteiger partial charge >= 0.3 is 0 Å². The van der Waals surface area contributed by atoms with Crippen molar-refractivity contribution in [3.8, 4) is 0 Å². The van der Waals surface area contributed by atoms with E-state index in [0.717, 1.165) is 43.1 Å².